The first kappa shape index (κ1) is 15.5. The summed E-state index contributed by atoms with van der Waals surface area (Å²) in [6.07, 6.45) is 0. The normalized spacial score (nSPS) is 11.0. The molecule has 4 nitrogen and oxygen atoms in total. The van der Waals surface area contributed by atoms with E-state index in [1.807, 2.05) is 49.4 Å². The SMILES string of the molecule is Cc1[nH]c(-c2ccc(-c3ccc(O)cc3Cl)o2)nc1-c1ccccc1. The van der Waals surface area contributed by atoms with Gasteiger partial charge in [-0.15, -0.1) is 0 Å². The highest BCUT2D eigenvalue weighted by molar-refractivity contribution is 6.33. The van der Waals surface area contributed by atoms with E-state index in [2.05, 4.69) is 9.97 Å². The summed E-state index contributed by atoms with van der Waals surface area (Å²) >= 11 is 6.19. The lowest BCUT2D eigenvalue weighted by Gasteiger charge is -2.01. The molecule has 0 atom stereocenters. The third-order valence-corrected chi connectivity index (χ3v) is 4.30. The van der Waals surface area contributed by atoms with Gasteiger partial charge in [-0.3, -0.25) is 0 Å². The summed E-state index contributed by atoms with van der Waals surface area (Å²) in [7, 11) is 0. The second-order valence-electron chi connectivity index (χ2n) is 5.75. The second kappa shape index (κ2) is 6.15. The van der Waals surface area contributed by atoms with Gasteiger partial charge in [-0.2, -0.15) is 0 Å². The number of rotatable bonds is 3. The molecule has 0 saturated carbocycles. The molecule has 0 aliphatic carbocycles. The summed E-state index contributed by atoms with van der Waals surface area (Å²) in [5.41, 5.74) is 3.64. The summed E-state index contributed by atoms with van der Waals surface area (Å²) in [5.74, 6) is 2.03. The van der Waals surface area contributed by atoms with E-state index in [1.54, 1.807) is 12.1 Å². The Hall–Kier alpha value is -2.98. The van der Waals surface area contributed by atoms with E-state index in [0.717, 1.165) is 22.5 Å². The number of aromatic nitrogens is 2. The van der Waals surface area contributed by atoms with Crippen LogP contribution < -0.4 is 0 Å². The summed E-state index contributed by atoms with van der Waals surface area (Å²) in [6.45, 7) is 1.99. The van der Waals surface area contributed by atoms with Crippen molar-refractivity contribution in [1.82, 2.24) is 9.97 Å². The van der Waals surface area contributed by atoms with E-state index in [1.165, 1.54) is 6.07 Å². The molecule has 2 aromatic carbocycles. The Morgan fingerprint density at radius 1 is 1.00 bits per heavy atom. The van der Waals surface area contributed by atoms with Gasteiger partial charge in [0.25, 0.3) is 0 Å². The molecule has 5 heteroatoms. The number of aromatic amines is 1. The molecule has 0 amide bonds. The average Bonchev–Trinajstić information content (AvgIpc) is 3.22. The highest BCUT2D eigenvalue weighted by Crippen LogP contribution is 2.34. The van der Waals surface area contributed by atoms with Crippen molar-refractivity contribution >= 4 is 11.6 Å². The van der Waals surface area contributed by atoms with Gasteiger partial charge in [0.1, 0.15) is 11.5 Å². The zero-order chi connectivity index (χ0) is 17.4. The van der Waals surface area contributed by atoms with Crippen molar-refractivity contribution in [3.63, 3.8) is 0 Å². The third kappa shape index (κ3) is 2.92. The molecule has 2 aromatic heterocycles. The summed E-state index contributed by atoms with van der Waals surface area (Å²) in [6, 6.07) is 18.5. The van der Waals surface area contributed by atoms with Crippen molar-refractivity contribution in [1.29, 1.82) is 0 Å². The number of H-pyrrole nitrogens is 1. The monoisotopic (exact) mass is 350 g/mol. The van der Waals surface area contributed by atoms with Crippen LogP contribution >= 0.6 is 11.6 Å². The van der Waals surface area contributed by atoms with Crippen LogP contribution in [0, 0.1) is 6.92 Å². The number of halogens is 1. The second-order valence-corrected chi connectivity index (χ2v) is 6.16. The minimum Gasteiger partial charge on any atom is -0.508 e. The number of aryl methyl sites for hydroxylation is 1. The molecule has 0 aliphatic heterocycles. The van der Waals surface area contributed by atoms with Gasteiger partial charge >= 0.3 is 0 Å². The molecule has 0 bridgehead atoms. The molecule has 0 unspecified atom stereocenters. The van der Waals surface area contributed by atoms with Crippen molar-refractivity contribution in [2.24, 2.45) is 0 Å². The number of furan rings is 1. The summed E-state index contributed by atoms with van der Waals surface area (Å²) in [4.78, 5) is 7.94. The molecule has 124 valence electrons. The van der Waals surface area contributed by atoms with Crippen LogP contribution in [0.2, 0.25) is 5.02 Å². The lowest BCUT2D eigenvalue weighted by molar-refractivity contribution is 0.475. The number of benzene rings is 2. The van der Waals surface area contributed by atoms with Gasteiger partial charge in [0, 0.05) is 16.8 Å². The molecular weight excluding hydrogens is 336 g/mol. The number of phenolic OH excluding ortho intramolecular Hbond substituents is 1. The number of aromatic hydroxyl groups is 1. The molecule has 0 saturated heterocycles. The quantitative estimate of drug-likeness (QED) is 0.500. The van der Waals surface area contributed by atoms with Crippen molar-refractivity contribution in [2.75, 3.05) is 0 Å². The lowest BCUT2D eigenvalue weighted by atomic mass is 10.1. The van der Waals surface area contributed by atoms with Gasteiger partial charge in [0.05, 0.1) is 10.7 Å². The predicted octanol–water partition coefficient (Wildman–Crippen LogP) is 5.67. The zero-order valence-corrected chi connectivity index (χ0v) is 14.2. The van der Waals surface area contributed by atoms with E-state index in [0.29, 0.717) is 22.4 Å². The largest absolute Gasteiger partial charge is 0.508 e. The summed E-state index contributed by atoms with van der Waals surface area (Å²) in [5, 5.41) is 9.91. The van der Waals surface area contributed by atoms with Crippen LogP contribution in [-0.2, 0) is 0 Å². The highest BCUT2D eigenvalue weighted by Gasteiger charge is 2.15. The van der Waals surface area contributed by atoms with Gasteiger partial charge in [-0.05, 0) is 37.3 Å². The fraction of sp³-hybridized carbons (Fsp3) is 0.0500. The van der Waals surface area contributed by atoms with Gasteiger partial charge in [-0.1, -0.05) is 41.9 Å². The molecule has 2 heterocycles. The number of nitrogens with one attached hydrogen (secondary N) is 1. The number of hydrogen-bond donors (Lipinski definition) is 2. The molecule has 4 rings (SSSR count). The van der Waals surface area contributed by atoms with Crippen LogP contribution in [0.5, 0.6) is 5.75 Å². The zero-order valence-electron chi connectivity index (χ0n) is 13.5. The van der Waals surface area contributed by atoms with E-state index in [-0.39, 0.29) is 5.75 Å². The predicted molar refractivity (Wildman–Crippen MR) is 98.6 cm³/mol. The highest BCUT2D eigenvalue weighted by atomic mass is 35.5. The smallest absolute Gasteiger partial charge is 0.174 e. The van der Waals surface area contributed by atoms with E-state index >= 15 is 0 Å². The molecule has 2 N–H and O–H groups in total. The molecule has 0 aliphatic rings. The molecule has 0 fully saturated rings. The minimum atomic E-state index is 0.120. The van der Waals surface area contributed by atoms with Gasteiger partial charge < -0.3 is 14.5 Å². The molecule has 25 heavy (non-hydrogen) atoms. The van der Waals surface area contributed by atoms with Crippen LogP contribution in [0.25, 0.3) is 34.2 Å². The molecule has 0 spiro atoms. The standard InChI is InChI=1S/C20H15ClN2O2/c1-12-19(13-5-3-2-4-6-13)23-20(22-12)18-10-9-17(25-18)15-8-7-14(24)11-16(15)21/h2-11,24H,1H3,(H,22,23). The first-order chi connectivity index (χ1) is 12.1. The Labute approximate surface area is 149 Å². The Kier molecular flexibility index (Phi) is 3.82. The first-order valence-corrected chi connectivity index (χ1v) is 8.21. The van der Waals surface area contributed by atoms with Gasteiger partial charge in [0.2, 0.25) is 0 Å². The average molecular weight is 351 g/mol. The summed E-state index contributed by atoms with van der Waals surface area (Å²) < 4.78 is 5.92. The number of nitrogens with zero attached hydrogens (tertiary/aromatic N) is 1. The van der Waals surface area contributed by atoms with Crippen LogP contribution in [0.3, 0.4) is 0 Å². The van der Waals surface area contributed by atoms with Crippen molar-refractivity contribution in [2.45, 2.75) is 6.92 Å². The van der Waals surface area contributed by atoms with Crippen molar-refractivity contribution in [3.05, 3.63) is 71.4 Å². The van der Waals surface area contributed by atoms with E-state index in [4.69, 9.17) is 16.0 Å². The first-order valence-electron chi connectivity index (χ1n) is 7.83. The Morgan fingerprint density at radius 2 is 1.76 bits per heavy atom. The fourth-order valence-electron chi connectivity index (χ4n) is 2.77. The maximum atomic E-state index is 9.48. The Bertz CT molecular complexity index is 1040. The van der Waals surface area contributed by atoms with Crippen LogP contribution in [0.1, 0.15) is 5.69 Å². The number of imidazole rings is 1. The minimum absolute atomic E-state index is 0.120. The van der Waals surface area contributed by atoms with Crippen LogP contribution in [0.15, 0.2) is 65.1 Å². The maximum absolute atomic E-state index is 9.48. The maximum Gasteiger partial charge on any atom is 0.174 e. The number of hydrogen-bond acceptors (Lipinski definition) is 3. The van der Waals surface area contributed by atoms with Crippen LogP contribution in [-0.4, -0.2) is 15.1 Å². The molecular formula is C20H15ClN2O2. The van der Waals surface area contributed by atoms with Gasteiger partial charge in [0.15, 0.2) is 11.6 Å². The topological polar surface area (TPSA) is 62.0 Å². The Balaban J connectivity index is 1.71. The molecule has 4 aromatic rings. The fourth-order valence-corrected chi connectivity index (χ4v) is 3.04. The van der Waals surface area contributed by atoms with Gasteiger partial charge in [-0.25, -0.2) is 4.98 Å². The van der Waals surface area contributed by atoms with Crippen LogP contribution in [0.4, 0.5) is 0 Å². The number of phenols is 1. The third-order valence-electron chi connectivity index (χ3n) is 3.99. The van der Waals surface area contributed by atoms with E-state index in [9.17, 15) is 5.11 Å². The Morgan fingerprint density at radius 3 is 2.52 bits per heavy atom. The van der Waals surface area contributed by atoms with E-state index < -0.39 is 0 Å². The lowest BCUT2D eigenvalue weighted by Crippen LogP contribution is -1.80. The van der Waals surface area contributed by atoms with Crippen molar-refractivity contribution in [3.8, 4) is 39.9 Å². The van der Waals surface area contributed by atoms with Crippen molar-refractivity contribution < 1.29 is 9.52 Å². The molecule has 0 radical (unpaired) electrons.